The van der Waals surface area contributed by atoms with Crippen LogP contribution in [0.3, 0.4) is 0 Å². The average molecular weight is 447 g/mol. The van der Waals surface area contributed by atoms with Crippen LogP contribution in [-0.4, -0.2) is 69.9 Å². The summed E-state index contributed by atoms with van der Waals surface area (Å²) in [4.78, 5) is 44.8. The van der Waals surface area contributed by atoms with E-state index in [-0.39, 0.29) is 23.4 Å². The lowest BCUT2D eigenvalue weighted by molar-refractivity contribution is -0.129. The molecule has 9 nitrogen and oxygen atoms in total. The fraction of sp³-hybridized carbons (Fsp3) is 0.524. The minimum Gasteiger partial charge on any atom is -0.467 e. The molecule has 2 aromatic heterocycles. The van der Waals surface area contributed by atoms with E-state index in [2.05, 4.69) is 4.98 Å². The average Bonchev–Trinajstić information content (AvgIpc) is 3.46. The normalized spacial score (nSPS) is 15.8. The summed E-state index contributed by atoms with van der Waals surface area (Å²) in [6.45, 7) is 4.37. The number of amides is 2. The second kappa shape index (κ2) is 9.59. The van der Waals surface area contributed by atoms with Gasteiger partial charge >= 0.3 is 11.8 Å². The molecule has 0 radical (unpaired) electrons. The zero-order valence-corrected chi connectivity index (χ0v) is 18.4. The van der Waals surface area contributed by atoms with Crippen LogP contribution in [0.1, 0.15) is 30.4 Å². The second-order valence-corrected chi connectivity index (χ2v) is 8.46. The van der Waals surface area contributed by atoms with Crippen LogP contribution in [0.15, 0.2) is 32.6 Å². The Bertz CT molecular complexity index is 996. The number of rotatable bonds is 6. The second-order valence-electron chi connectivity index (χ2n) is 7.50. The molecular formula is C21H26N4O5S. The van der Waals surface area contributed by atoms with Gasteiger partial charge in [0.25, 0.3) is 0 Å². The van der Waals surface area contributed by atoms with Crippen molar-refractivity contribution in [2.24, 2.45) is 0 Å². The standard InChI is InChI=1S/C21H26N4O5S/c1-2-29-21(28)24-10-8-23(9-11-24)18(26)14-31-19-16-6-3-7-17(16)25(20(27)22-19)13-15-5-4-12-30-15/h4-5,12H,2-3,6-11,13-14H2,1H3. The number of piperazine rings is 1. The van der Waals surface area contributed by atoms with Gasteiger partial charge in [-0.2, -0.15) is 4.98 Å². The van der Waals surface area contributed by atoms with Gasteiger partial charge in [-0.25, -0.2) is 9.59 Å². The van der Waals surface area contributed by atoms with Crippen molar-refractivity contribution in [3.05, 3.63) is 45.9 Å². The van der Waals surface area contributed by atoms with E-state index < -0.39 is 0 Å². The van der Waals surface area contributed by atoms with Crippen LogP contribution in [-0.2, 0) is 28.9 Å². The van der Waals surface area contributed by atoms with Gasteiger partial charge in [0.1, 0.15) is 10.8 Å². The zero-order chi connectivity index (χ0) is 21.8. The fourth-order valence-corrected chi connectivity index (χ4v) is 4.98. The first-order valence-corrected chi connectivity index (χ1v) is 11.5. The van der Waals surface area contributed by atoms with Crippen LogP contribution in [0.25, 0.3) is 0 Å². The quantitative estimate of drug-likeness (QED) is 0.493. The molecule has 0 atom stereocenters. The highest BCUT2D eigenvalue weighted by Gasteiger charge is 2.26. The van der Waals surface area contributed by atoms with Gasteiger partial charge < -0.3 is 19.0 Å². The summed E-state index contributed by atoms with van der Waals surface area (Å²) in [6, 6.07) is 3.65. The van der Waals surface area contributed by atoms with Crippen molar-refractivity contribution in [3.63, 3.8) is 0 Å². The van der Waals surface area contributed by atoms with Gasteiger partial charge in [0, 0.05) is 37.4 Å². The molecular weight excluding hydrogens is 420 g/mol. The molecule has 0 spiro atoms. The molecule has 0 aromatic carbocycles. The van der Waals surface area contributed by atoms with Gasteiger partial charge in [0.2, 0.25) is 5.91 Å². The maximum absolute atomic E-state index is 12.7. The molecule has 0 unspecified atom stereocenters. The molecule has 2 aliphatic rings. The lowest BCUT2D eigenvalue weighted by Crippen LogP contribution is -2.51. The van der Waals surface area contributed by atoms with Crippen LogP contribution in [0, 0.1) is 0 Å². The van der Waals surface area contributed by atoms with Gasteiger partial charge in [0.05, 0.1) is 25.2 Å². The minimum atomic E-state index is -0.334. The van der Waals surface area contributed by atoms with E-state index in [4.69, 9.17) is 9.15 Å². The van der Waals surface area contributed by atoms with Gasteiger partial charge in [0.15, 0.2) is 0 Å². The first-order chi connectivity index (χ1) is 15.1. The molecule has 1 aliphatic heterocycles. The fourth-order valence-electron chi connectivity index (χ4n) is 4.00. The third-order valence-corrected chi connectivity index (χ3v) is 6.59. The van der Waals surface area contributed by atoms with Crippen LogP contribution < -0.4 is 5.69 Å². The Morgan fingerprint density at radius 2 is 1.97 bits per heavy atom. The lowest BCUT2D eigenvalue weighted by Gasteiger charge is -2.34. The molecule has 2 aromatic rings. The molecule has 166 valence electrons. The number of nitrogens with zero attached hydrogens (tertiary/aromatic N) is 4. The number of ether oxygens (including phenoxy) is 1. The Kier molecular flexibility index (Phi) is 6.64. The summed E-state index contributed by atoms with van der Waals surface area (Å²) >= 11 is 1.33. The molecule has 1 aliphatic carbocycles. The summed E-state index contributed by atoms with van der Waals surface area (Å²) in [5, 5.41) is 0.659. The summed E-state index contributed by atoms with van der Waals surface area (Å²) < 4.78 is 12.1. The number of carbonyl (C=O) groups excluding carboxylic acids is 2. The van der Waals surface area contributed by atoms with Crippen molar-refractivity contribution in [2.45, 2.75) is 37.8 Å². The Labute approximate surface area is 184 Å². The highest BCUT2D eigenvalue weighted by molar-refractivity contribution is 7.99. The molecule has 0 saturated carbocycles. The molecule has 2 amide bonds. The SMILES string of the molecule is CCOC(=O)N1CCN(C(=O)CSc2nc(=O)n(Cc3ccco3)c3c2CCC3)CC1. The Balaban J connectivity index is 1.38. The summed E-state index contributed by atoms with van der Waals surface area (Å²) in [5.74, 6) is 0.929. The van der Waals surface area contributed by atoms with E-state index in [9.17, 15) is 14.4 Å². The van der Waals surface area contributed by atoms with E-state index in [1.165, 1.54) is 11.8 Å². The Morgan fingerprint density at radius 1 is 1.19 bits per heavy atom. The summed E-state index contributed by atoms with van der Waals surface area (Å²) in [6.07, 6.45) is 3.91. The first kappa shape index (κ1) is 21.5. The molecule has 0 bridgehead atoms. The van der Waals surface area contributed by atoms with Crippen LogP contribution in [0.2, 0.25) is 0 Å². The number of carbonyl (C=O) groups is 2. The molecule has 1 saturated heterocycles. The van der Waals surface area contributed by atoms with E-state index in [0.29, 0.717) is 44.4 Å². The molecule has 0 N–H and O–H groups in total. The molecule has 31 heavy (non-hydrogen) atoms. The summed E-state index contributed by atoms with van der Waals surface area (Å²) in [5.41, 5.74) is 1.75. The maximum Gasteiger partial charge on any atom is 0.409 e. The van der Waals surface area contributed by atoms with Gasteiger partial charge in [-0.1, -0.05) is 11.8 Å². The highest BCUT2D eigenvalue weighted by Crippen LogP contribution is 2.29. The van der Waals surface area contributed by atoms with Crippen molar-refractivity contribution >= 4 is 23.8 Å². The minimum absolute atomic E-state index is 0.0122. The molecule has 4 rings (SSSR count). The predicted octanol–water partition coefficient (Wildman–Crippen LogP) is 1.77. The van der Waals surface area contributed by atoms with Gasteiger partial charge in [-0.15, -0.1) is 0 Å². The number of aromatic nitrogens is 2. The van der Waals surface area contributed by atoms with Crippen molar-refractivity contribution in [2.75, 3.05) is 38.5 Å². The number of fused-ring (bicyclic) bond motifs is 1. The number of thioether (sulfide) groups is 1. The number of furan rings is 1. The van der Waals surface area contributed by atoms with Crippen LogP contribution in [0.5, 0.6) is 0 Å². The van der Waals surface area contributed by atoms with E-state index in [1.54, 1.807) is 33.6 Å². The van der Waals surface area contributed by atoms with Crippen LogP contribution in [0.4, 0.5) is 4.79 Å². The highest BCUT2D eigenvalue weighted by atomic mass is 32.2. The maximum atomic E-state index is 12.7. The van der Waals surface area contributed by atoms with Crippen molar-refractivity contribution < 1.29 is 18.7 Å². The van der Waals surface area contributed by atoms with E-state index in [1.807, 2.05) is 6.07 Å². The summed E-state index contributed by atoms with van der Waals surface area (Å²) in [7, 11) is 0. The number of hydrogen-bond acceptors (Lipinski definition) is 7. The smallest absolute Gasteiger partial charge is 0.409 e. The topological polar surface area (TPSA) is 97.9 Å². The largest absolute Gasteiger partial charge is 0.467 e. The van der Waals surface area contributed by atoms with Gasteiger partial charge in [-0.3, -0.25) is 9.36 Å². The predicted molar refractivity (Wildman–Crippen MR) is 114 cm³/mol. The van der Waals surface area contributed by atoms with Crippen LogP contribution >= 0.6 is 11.8 Å². The van der Waals surface area contributed by atoms with E-state index >= 15 is 0 Å². The molecule has 3 heterocycles. The molecule has 1 fully saturated rings. The lowest BCUT2D eigenvalue weighted by atomic mass is 10.2. The Hall–Kier alpha value is -2.75. The van der Waals surface area contributed by atoms with E-state index in [0.717, 1.165) is 36.3 Å². The third kappa shape index (κ3) is 4.79. The monoisotopic (exact) mass is 446 g/mol. The first-order valence-electron chi connectivity index (χ1n) is 10.5. The van der Waals surface area contributed by atoms with Crippen molar-refractivity contribution in [1.82, 2.24) is 19.4 Å². The zero-order valence-electron chi connectivity index (χ0n) is 17.5. The van der Waals surface area contributed by atoms with Crippen molar-refractivity contribution in [1.29, 1.82) is 0 Å². The molecule has 10 heteroatoms. The Morgan fingerprint density at radius 3 is 2.68 bits per heavy atom. The number of hydrogen-bond donors (Lipinski definition) is 0. The van der Waals surface area contributed by atoms with Crippen molar-refractivity contribution in [3.8, 4) is 0 Å². The third-order valence-electron chi connectivity index (χ3n) is 5.59. The van der Waals surface area contributed by atoms with Gasteiger partial charge in [-0.05, 0) is 38.3 Å².